The van der Waals surface area contributed by atoms with Gasteiger partial charge in [-0.25, -0.2) is 0 Å². The zero-order valence-electron chi connectivity index (χ0n) is 12.5. The topological polar surface area (TPSA) is 70.5 Å². The molecular weight excluding hydrogens is 256 g/mol. The molecule has 1 unspecified atom stereocenters. The molecule has 0 aliphatic carbocycles. The van der Waals surface area contributed by atoms with Gasteiger partial charge in [-0.1, -0.05) is 20.8 Å². The molecule has 1 amide bonds. The lowest BCUT2D eigenvalue weighted by Gasteiger charge is -2.30. The number of carbonyl (C=O) groups excluding carboxylic acids is 1. The van der Waals surface area contributed by atoms with E-state index < -0.39 is 17.3 Å². The Kier molecular flexibility index (Phi) is 5.25. The van der Waals surface area contributed by atoms with Crippen molar-refractivity contribution >= 4 is 11.9 Å². The second-order valence-corrected chi connectivity index (χ2v) is 6.00. The molecule has 0 radical (unpaired) electrons. The lowest BCUT2D eigenvalue weighted by atomic mass is 9.80. The number of carboxylic acids is 1. The summed E-state index contributed by atoms with van der Waals surface area (Å²) in [6, 6.07) is 3.77. The lowest BCUT2D eigenvalue weighted by molar-refractivity contribution is -0.155. The van der Waals surface area contributed by atoms with Crippen molar-refractivity contribution in [3.8, 4) is 0 Å². The van der Waals surface area contributed by atoms with E-state index in [1.54, 1.807) is 40.2 Å². The normalized spacial score (nSPS) is 12.8. The zero-order valence-corrected chi connectivity index (χ0v) is 12.5. The first-order valence-corrected chi connectivity index (χ1v) is 6.60. The van der Waals surface area contributed by atoms with Gasteiger partial charge in [-0.15, -0.1) is 0 Å². The SMILES string of the molecule is CN(CCc1ccncc1)C(=O)C(C(=O)O)C(C)(C)C. The molecule has 5 nitrogen and oxygen atoms in total. The van der Waals surface area contributed by atoms with Crippen LogP contribution < -0.4 is 0 Å². The summed E-state index contributed by atoms with van der Waals surface area (Å²) in [4.78, 5) is 29.0. The fourth-order valence-corrected chi connectivity index (χ4v) is 2.02. The average Bonchev–Trinajstić information content (AvgIpc) is 2.34. The van der Waals surface area contributed by atoms with Gasteiger partial charge in [0.05, 0.1) is 0 Å². The van der Waals surface area contributed by atoms with Crippen LogP contribution in [0, 0.1) is 11.3 Å². The van der Waals surface area contributed by atoms with Crippen molar-refractivity contribution in [1.29, 1.82) is 0 Å². The molecule has 1 heterocycles. The summed E-state index contributed by atoms with van der Waals surface area (Å²) in [6.07, 6.45) is 4.08. The van der Waals surface area contributed by atoms with Gasteiger partial charge in [0.2, 0.25) is 5.91 Å². The zero-order chi connectivity index (χ0) is 15.3. The first kappa shape index (κ1) is 16.1. The van der Waals surface area contributed by atoms with Gasteiger partial charge < -0.3 is 10.0 Å². The van der Waals surface area contributed by atoms with Crippen molar-refractivity contribution in [3.63, 3.8) is 0 Å². The first-order chi connectivity index (χ1) is 9.23. The number of likely N-dealkylation sites (N-methyl/N-ethyl adjacent to an activating group) is 1. The standard InChI is InChI=1S/C15H22N2O3/c1-15(2,3)12(14(19)20)13(18)17(4)10-7-11-5-8-16-9-6-11/h5-6,8-9,12H,7,10H2,1-4H3,(H,19,20). The Hall–Kier alpha value is -1.91. The smallest absolute Gasteiger partial charge is 0.316 e. The monoisotopic (exact) mass is 278 g/mol. The molecule has 0 fully saturated rings. The van der Waals surface area contributed by atoms with E-state index in [9.17, 15) is 14.7 Å². The van der Waals surface area contributed by atoms with E-state index in [-0.39, 0.29) is 5.91 Å². The molecule has 1 aromatic heterocycles. The van der Waals surface area contributed by atoms with Crippen LogP contribution in [0.4, 0.5) is 0 Å². The quantitative estimate of drug-likeness (QED) is 0.834. The number of pyridine rings is 1. The van der Waals surface area contributed by atoms with Gasteiger partial charge >= 0.3 is 5.97 Å². The van der Waals surface area contributed by atoms with Crippen LogP contribution in [0.3, 0.4) is 0 Å². The predicted molar refractivity (Wildman–Crippen MR) is 76.2 cm³/mol. The third-order valence-electron chi connectivity index (χ3n) is 3.22. The summed E-state index contributed by atoms with van der Waals surface area (Å²) in [7, 11) is 1.64. The highest BCUT2D eigenvalue weighted by Crippen LogP contribution is 2.27. The van der Waals surface area contributed by atoms with Gasteiger partial charge in [-0.2, -0.15) is 0 Å². The van der Waals surface area contributed by atoms with Crippen molar-refractivity contribution in [2.24, 2.45) is 11.3 Å². The van der Waals surface area contributed by atoms with Crippen molar-refractivity contribution < 1.29 is 14.7 Å². The highest BCUT2D eigenvalue weighted by molar-refractivity contribution is 5.97. The number of hydrogen-bond donors (Lipinski definition) is 1. The Bertz CT molecular complexity index is 466. The minimum atomic E-state index is -1.07. The van der Waals surface area contributed by atoms with Crippen LogP contribution in [-0.4, -0.2) is 40.5 Å². The van der Waals surface area contributed by atoms with Gasteiger partial charge in [0.1, 0.15) is 5.92 Å². The first-order valence-electron chi connectivity index (χ1n) is 6.60. The molecule has 20 heavy (non-hydrogen) atoms. The summed E-state index contributed by atoms with van der Waals surface area (Å²) < 4.78 is 0. The van der Waals surface area contributed by atoms with Gasteiger partial charge in [-0.3, -0.25) is 14.6 Å². The fraction of sp³-hybridized carbons (Fsp3) is 0.533. The summed E-state index contributed by atoms with van der Waals surface area (Å²) in [5, 5.41) is 9.26. The highest BCUT2D eigenvalue weighted by Gasteiger charge is 2.39. The maximum Gasteiger partial charge on any atom is 0.316 e. The number of carboxylic acid groups (broad SMARTS) is 1. The third-order valence-corrected chi connectivity index (χ3v) is 3.22. The number of hydrogen-bond acceptors (Lipinski definition) is 3. The molecule has 5 heteroatoms. The molecule has 0 aromatic carbocycles. The van der Waals surface area contributed by atoms with E-state index in [1.165, 1.54) is 4.90 Å². The lowest BCUT2D eigenvalue weighted by Crippen LogP contribution is -2.44. The summed E-state index contributed by atoms with van der Waals surface area (Å²) in [5.74, 6) is -2.44. The Balaban J connectivity index is 2.68. The Labute approximate surface area is 119 Å². The van der Waals surface area contributed by atoms with E-state index in [0.717, 1.165) is 5.56 Å². The third kappa shape index (κ3) is 4.33. The minimum absolute atomic E-state index is 0.348. The van der Waals surface area contributed by atoms with Crippen LogP contribution in [0.5, 0.6) is 0 Å². The van der Waals surface area contributed by atoms with Crippen molar-refractivity contribution in [3.05, 3.63) is 30.1 Å². The number of nitrogens with zero attached hydrogens (tertiary/aromatic N) is 2. The predicted octanol–water partition coefficient (Wildman–Crippen LogP) is 1.83. The maximum absolute atomic E-state index is 12.3. The van der Waals surface area contributed by atoms with Crippen LogP contribution in [0.15, 0.2) is 24.5 Å². The van der Waals surface area contributed by atoms with Gasteiger partial charge in [-0.05, 0) is 29.5 Å². The maximum atomic E-state index is 12.3. The summed E-state index contributed by atoms with van der Waals surface area (Å²) in [5.41, 5.74) is 0.468. The van der Waals surface area contributed by atoms with E-state index in [2.05, 4.69) is 4.98 Å². The van der Waals surface area contributed by atoms with Crippen molar-refractivity contribution in [2.75, 3.05) is 13.6 Å². The van der Waals surface area contributed by atoms with Gasteiger partial charge in [0, 0.05) is 26.0 Å². The van der Waals surface area contributed by atoms with Crippen LogP contribution >= 0.6 is 0 Å². The van der Waals surface area contributed by atoms with Crippen LogP contribution in [0.1, 0.15) is 26.3 Å². The second-order valence-electron chi connectivity index (χ2n) is 6.00. The van der Waals surface area contributed by atoms with E-state index >= 15 is 0 Å². The fourth-order valence-electron chi connectivity index (χ4n) is 2.02. The largest absolute Gasteiger partial charge is 0.481 e. The molecule has 1 atom stereocenters. The van der Waals surface area contributed by atoms with Gasteiger partial charge in [0.15, 0.2) is 0 Å². The van der Waals surface area contributed by atoms with Crippen molar-refractivity contribution in [2.45, 2.75) is 27.2 Å². The van der Waals surface area contributed by atoms with E-state index in [4.69, 9.17) is 0 Å². The molecule has 1 rings (SSSR count). The molecule has 0 aliphatic heterocycles. The number of aromatic nitrogens is 1. The summed E-state index contributed by atoms with van der Waals surface area (Å²) >= 11 is 0. The van der Waals surface area contributed by atoms with Crippen LogP contribution in [-0.2, 0) is 16.0 Å². The van der Waals surface area contributed by atoms with E-state index in [0.29, 0.717) is 13.0 Å². The highest BCUT2D eigenvalue weighted by atomic mass is 16.4. The Morgan fingerprint density at radius 3 is 2.30 bits per heavy atom. The molecule has 1 aromatic rings. The molecule has 1 N–H and O–H groups in total. The van der Waals surface area contributed by atoms with Crippen LogP contribution in [0.25, 0.3) is 0 Å². The molecule has 110 valence electrons. The number of rotatable bonds is 5. The van der Waals surface area contributed by atoms with E-state index in [1.807, 2.05) is 12.1 Å². The molecule has 0 bridgehead atoms. The summed E-state index contributed by atoms with van der Waals surface area (Å²) in [6.45, 7) is 5.78. The number of carbonyl (C=O) groups is 2. The molecule has 0 saturated carbocycles. The van der Waals surface area contributed by atoms with Crippen molar-refractivity contribution in [1.82, 2.24) is 9.88 Å². The average molecular weight is 278 g/mol. The molecule has 0 saturated heterocycles. The minimum Gasteiger partial charge on any atom is -0.481 e. The second kappa shape index (κ2) is 6.50. The molecule has 0 aliphatic rings. The molecular formula is C15H22N2O3. The van der Waals surface area contributed by atoms with Gasteiger partial charge in [0.25, 0.3) is 0 Å². The number of aliphatic carboxylic acids is 1. The number of amides is 1. The molecule has 0 spiro atoms. The Morgan fingerprint density at radius 2 is 1.85 bits per heavy atom. The van der Waals surface area contributed by atoms with Crippen LogP contribution in [0.2, 0.25) is 0 Å². The Morgan fingerprint density at radius 1 is 1.30 bits per heavy atom.